The van der Waals surface area contributed by atoms with Crippen molar-refractivity contribution in [1.82, 2.24) is 24.9 Å². The lowest BCUT2D eigenvalue weighted by atomic mass is 10.2. The number of piperazine rings is 1. The van der Waals surface area contributed by atoms with E-state index in [0.29, 0.717) is 31.7 Å². The number of aryl methyl sites for hydroxylation is 1. The number of carbonyl (C=O) groups is 1. The summed E-state index contributed by atoms with van der Waals surface area (Å²) in [6, 6.07) is 12.5. The summed E-state index contributed by atoms with van der Waals surface area (Å²) in [5.74, 6) is 0.163. The zero-order valence-electron chi connectivity index (χ0n) is 16.5. The summed E-state index contributed by atoms with van der Waals surface area (Å²) >= 11 is 0. The van der Waals surface area contributed by atoms with Crippen LogP contribution in [-0.2, 0) is 6.54 Å². The summed E-state index contributed by atoms with van der Waals surface area (Å²) in [5.41, 5.74) is 1.29. The van der Waals surface area contributed by atoms with Crippen LogP contribution in [0.5, 0.6) is 0 Å². The molecular weight excluding hydrogens is 387 g/mol. The van der Waals surface area contributed by atoms with Crippen LogP contribution in [0.1, 0.15) is 21.7 Å². The number of benzene rings is 1. The molecule has 1 aliphatic heterocycles. The van der Waals surface area contributed by atoms with Gasteiger partial charge in [0.25, 0.3) is 11.5 Å². The number of carbonyl (C=O) groups excluding carboxylic acids is 1. The Morgan fingerprint density at radius 3 is 2.53 bits per heavy atom. The summed E-state index contributed by atoms with van der Waals surface area (Å²) < 4.78 is 14.6. The monoisotopic (exact) mass is 408 g/mol. The predicted molar refractivity (Wildman–Crippen MR) is 109 cm³/mol. The second-order valence-electron chi connectivity index (χ2n) is 7.16. The van der Waals surface area contributed by atoms with E-state index in [4.69, 9.17) is 0 Å². The number of amides is 1. The van der Waals surface area contributed by atoms with Crippen molar-refractivity contribution >= 4 is 11.7 Å². The molecular formula is C21H21FN6O2. The molecule has 0 aliphatic carbocycles. The number of halogens is 1. The molecule has 1 aromatic carbocycles. The van der Waals surface area contributed by atoms with Gasteiger partial charge in [0.15, 0.2) is 5.82 Å². The van der Waals surface area contributed by atoms with Gasteiger partial charge in [0.2, 0.25) is 0 Å². The van der Waals surface area contributed by atoms with Crippen LogP contribution in [-0.4, -0.2) is 57.0 Å². The molecule has 1 saturated heterocycles. The summed E-state index contributed by atoms with van der Waals surface area (Å²) in [5, 5.41) is 12.5. The molecule has 3 aromatic rings. The second-order valence-corrected chi connectivity index (χ2v) is 7.16. The van der Waals surface area contributed by atoms with E-state index >= 15 is 0 Å². The van der Waals surface area contributed by atoms with Gasteiger partial charge in [0, 0.05) is 32.2 Å². The van der Waals surface area contributed by atoms with Gasteiger partial charge < -0.3 is 9.80 Å². The third kappa shape index (κ3) is 4.35. The number of nitrogens with zero attached hydrogens (tertiary/aromatic N) is 6. The van der Waals surface area contributed by atoms with Crippen LogP contribution in [0.2, 0.25) is 0 Å². The molecule has 9 heteroatoms. The van der Waals surface area contributed by atoms with Crippen molar-refractivity contribution in [3.8, 4) is 0 Å². The van der Waals surface area contributed by atoms with Gasteiger partial charge in [-0.25, -0.2) is 9.07 Å². The van der Waals surface area contributed by atoms with Crippen molar-refractivity contribution in [1.29, 1.82) is 0 Å². The maximum absolute atomic E-state index is 13.4. The third-order valence-corrected chi connectivity index (χ3v) is 4.98. The van der Waals surface area contributed by atoms with Gasteiger partial charge in [0.05, 0.1) is 12.2 Å². The van der Waals surface area contributed by atoms with Crippen molar-refractivity contribution in [2.75, 3.05) is 31.1 Å². The number of aromatic nitrogens is 4. The molecule has 3 heterocycles. The average molecular weight is 408 g/mol. The van der Waals surface area contributed by atoms with E-state index in [1.54, 1.807) is 17.0 Å². The molecule has 2 aromatic heterocycles. The molecule has 0 atom stereocenters. The van der Waals surface area contributed by atoms with Gasteiger partial charge in [-0.1, -0.05) is 12.1 Å². The molecule has 0 bridgehead atoms. The SMILES string of the molecule is Cc1ccc(N2CCN(C(=O)c3ccc(=O)n(Cc4cccc(F)c4)n3)CC2)nn1. The normalized spacial score (nSPS) is 14.1. The minimum atomic E-state index is -0.385. The second kappa shape index (κ2) is 8.40. The molecule has 0 radical (unpaired) electrons. The van der Waals surface area contributed by atoms with Crippen LogP contribution >= 0.6 is 0 Å². The lowest BCUT2D eigenvalue weighted by molar-refractivity contribution is 0.0737. The van der Waals surface area contributed by atoms with Crippen molar-refractivity contribution in [2.45, 2.75) is 13.5 Å². The van der Waals surface area contributed by atoms with E-state index in [1.807, 2.05) is 19.1 Å². The fourth-order valence-electron chi connectivity index (χ4n) is 3.35. The number of rotatable bonds is 4. The van der Waals surface area contributed by atoms with E-state index in [9.17, 15) is 14.0 Å². The first-order valence-corrected chi connectivity index (χ1v) is 9.67. The van der Waals surface area contributed by atoms with Crippen molar-refractivity contribution in [2.24, 2.45) is 0 Å². The largest absolute Gasteiger partial charge is 0.352 e. The lowest BCUT2D eigenvalue weighted by Gasteiger charge is -2.35. The predicted octanol–water partition coefficient (Wildman–Crippen LogP) is 1.49. The first-order valence-electron chi connectivity index (χ1n) is 9.67. The van der Waals surface area contributed by atoms with Gasteiger partial charge in [-0.3, -0.25) is 9.59 Å². The molecule has 4 rings (SSSR count). The summed E-state index contributed by atoms with van der Waals surface area (Å²) in [6.07, 6.45) is 0. The highest BCUT2D eigenvalue weighted by Crippen LogP contribution is 2.14. The fraction of sp³-hybridized carbons (Fsp3) is 0.286. The zero-order chi connectivity index (χ0) is 21.1. The van der Waals surface area contributed by atoms with E-state index in [1.165, 1.54) is 28.9 Å². The molecule has 0 unspecified atom stereocenters. The van der Waals surface area contributed by atoms with Gasteiger partial charge in [0.1, 0.15) is 11.5 Å². The molecule has 0 spiro atoms. The highest BCUT2D eigenvalue weighted by Gasteiger charge is 2.24. The molecule has 30 heavy (non-hydrogen) atoms. The van der Waals surface area contributed by atoms with Crippen LogP contribution in [0.15, 0.2) is 53.3 Å². The first kappa shape index (κ1) is 19.7. The summed E-state index contributed by atoms with van der Waals surface area (Å²) in [7, 11) is 0. The maximum atomic E-state index is 13.4. The Hall–Kier alpha value is -3.62. The standard InChI is InChI=1S/C21H21FN6O2/c1-15-5-7-19(24-23-15)26-9-11-27(12-10-26)21(30)18-6-8-20(29)28(25-18)14-16-3-2-4-17(22)13-16/h2-8,13H,9-12,14H2,1H3. The minimum Gasteiger partial charge on any atom is -0.352 e. The van der Waals surface area contributed by atoms with Crippen LogP contribution in [0, 0.1) is 12.7 Å². The van der Waals surface area contributed by atoms with Gasteiger partial charge in [-0.05, 0) is 42.8 Å². The molecule has 0 saturated carbocycles. The number of anilines is 1. The highest BCUT2D eigenvalue weighted by atomic mass is 19.1. The Labute approximate surface area is 172 Å². The highest BCUT2D eigenvalue weighted by molar-refractivity contribution is 5.92. The Morgan fingerprint density at radius 2 is 1.83 bits per heavy atom. The van der Waals surface area contributed by atoms with E-state index in [0.717, 1.165) is 11.5 Å². The molecule has 1 amide bonds. The molecule has 154 valence electrons. The van der Waals surface area contributed by atoms with Crippen molar-refractivity contribution in [3.05, 3.63) is 81.7 Å². The first-order chi connectivity index (χ1) is 14.5. The fourth-order valence-corrected chi connectivity index (χ4v) is 3.35. The van der Waals surface area contributed by atoms with Crippen molar-refractivity contribution < 1.29 is 9.18 Å². The van der Waals surface area contributed by atoms with Crippen LogP contribution in [0.4, 0.5) is 10.2 Å². The summed E-state index contributed by atoms with van der Waals surface area (Å²) in [6.45, 7) is 4.27. The zero-order valence-corrected chi connectivity index (χ0v) is 16.5. The van der Waals surface area contributed by atoms with E-state index in [2.05, 4.69) is 20.2 Å². The Kier molecular flexibility index (Phi) is 5.51. The molecule has 1 fully saturated rings. The van der Waals surface area contributed by atoms with E-state index < -0.39 is 0 Å². The maximum Gasteiger partial charge on any atom is 0.274 e. The van der Waals surface area contributed by atoms with E-state index in [-0.39, 0.29) is 29.5 Å². The number of hydrogen-bond donors (Lipinski definition) is 0. The molecule has 1 aliphatic rings. The molecule has 0 N–H and O–H groups in total. The van der Waals surface area contributed by atoms with Crippen LogP contribution in [0.3, 0.4) is 0 Å². The molecule has 8 nitrogen and oxygen atoms in total. The third-order valence-electron chi connectivity index (χ3n) is 4.98. The Morgan fingerprint density at radius 1 is 1.03 bits per heavy atom. The Bertz CT molecular complexity index is 1110. The lowest BCUT2D eigenvalue weighted by Crippen LogP contribution is -2.49. The minimum absolute atomic E-state index is 0.0948. The Balaban J connectivity index is 1.45. The summed E-state index contributed by atoms with van der Waals surface area (Å²) in [4.78, 5) is 28.8. The van der Waals surface area contributed by atoms with Gasteiger partial charge in [-0.2, -0.15) is 10.2 Å². The topological polar surface area (TPSA) is 84.2 Å². The van der Waals surface area contributed by atoms with Crippen LogP contribution < -0.4 is 10.5 Å². The average Bonchev–Trinajstić information content (AvgIpc) is 2.75. The van der Waals surface area contributed by atoms with Crippen molar-refractivity contribution in [3.63, 3.8) is 0 Å². The van der Waals surface area contributed by atoms with Gasteiger partial charge in [-0.15, -0.1) is 5.10 Å². The quantitative estimate of drug-likeness (QED) is 0.650. The van der Waals surface area contributed by atoms with Gasteiger partial charge >= 0.3 is 0 Å². The van der Waals surface area contributed by atoms with Crippen LogP contribution in [0.25, 0.3) is 0 Å². The number of hydrogen-bond acceptors (Lipinski definition) is 6. The smallest absolute Gasteiger partial charge is 0.274 e.